The molecular weight excluding hydrogens is 215 g/mol. The zero-order valence-electron chi connectivity index (χ0n) is 8.49. The highest BCUT2D eigenvalue weighted by Crippen LogP contribution is 2.28. The third-order valence-electron chi connectivity index (χ3n) is 2.29. The molecule has 1 aromatic carbocycles. The molecule has 0 atom stereocenters. The molecule has 0 spiro atoms. The van der Waals surface area contributed by atoms with Gasteiger partial charge in [-0.25, -0.2) is 4.39 Å². The third-order valence-corrected chi connectivity index (χ3v) is 2.29. The van der Waals surface area contributed by atoms with Crippen LogP contribution in [0.4, 0.5) is 4.39 Å². The molecule has 0 fully saturated rings. The van der Waals surface area contributed by atoms with Gasteiger partial charge in [-0.05, 0) is 6.07 Å². The van der Waals surface area contributed by atoms with Crippen molar-refractivity contribution < 1.29 is 23.4 Å². The molecule has 0 saturated carbocycles. The summed E-state index contributed by atoms with van der Waals surface area (Å²) in [5, 5.41) is 9.59. The third kappa shape index (κ3) is 1.71. The zero-order valence-corrected chi connectivity index (χ0v) is 8.49. The normalized spacial score (nSPS) is 10.6. The number of esters is 1. The van der Waals surface area contributed by atoms with E-state index in [4.69, 9.17) is 9.52 Å². The Morgan fingerprint density at radius 1 is 1.56 bits per heavy atom. The Morgan fingerprint density at radius 2 is 2.31 bits per heavy atom. The summed E-state index contributed by atoms with van der Waals surface area (Å²) in [4.78, 5) is 11.1. The molecule has 0 amide bonds. The van der Waals surface area contributed by atoms with Crippen LogP contribution in [-0.4, -0.2) is 18.2 Å². The largest absolute Gasteiger partial charge is 0.505 e. The van der Waals surface area contributed by atoms with Gasteiger partial charge in [0.25, 0.3) is 0 Å². The van der Waals surface area contributed by atoms with Gasteiger partial charge in [-0.1, -0.05) is 0 Å². The highest BCUT2D eigenvalue weighted by molar-refractivity contribution is 5.86. The summed E-state index contributed by atoms with van der Waals surface area (Å²) in [6, 6.07) is 2.30. The Hall–Kier alpha value is -2.04. The van der Waals surface area contributed by atoms with Gasteiger partial charge in [0.15, 0.2) is 11.6 Å². The SMILES string of the molecule is COC(=O)Cc1coc2cc(O)c(F)cc12. The minimum absolute atomic E-state index is 0.00765. The van der Waals surface area contributed by atoms with Crippen LogP contribution in [0.5, 0.6) is 5.75 Å². The predicted molar refractivity (Wildman–Crippen MR) is 53.6 cm³/mol. The van der Waals surface area contributed by atoms with Crippen molar-refractivity contribution in [2.45, 2.75) is 6.42 Å². The van der Waals surface area contributed by atoms with Crippen molar-refractivity contribution in [2.75, 3.05) is 7.11 Å². The maximum Gasteiger partial charge on any atom is 0.310 e. The van der Waals surface area contributed by atoms with Crippen LogP contribution in [-0.2, 0) is 16.0 Å². The minimum atomic E-state index is -0.750. The summed E-state index contributed by atoms with van der Waals surface area (Å²) in [6.45, 7) is 0. The number of hydrogen-bond acceptors (Lipinski definition) is 4. The summed E-state index contributed by atoms with van der Waals surface area (Å²) >= 11 is 0. The van der Waals surface area contributed by atoms with E-state index in [1.807, 2.05) is 0 Å². The Labute approximate surface area is 90.2 Å². The minimum Gasteiger partial charge on any atom is -0.505 e. The molecule has 0 saturated heterocycles. The zero-order chi connectivity index (χ0) is 11.7. The second-order valence-corrected chi connectivity index (χ2v) is 3.31. The molecule has 5 heteroatoms. The van der Waals surface area contributed by atoms with Crippen molar-refractivity contribution >= 4 is 16.9 Å². The molecule has 1 heterocycles. The van der Waals surface area contributed by atoms with Crippen LogP contribution < -0.4 is 0 Å². The fourth-order valence-corrected chi connectivity index (χ4v) is 1.45. The van der Waals surface area contributed by atoms with E-state index in [-0.39, 0.29) is 6.42 Å². The molecule has 0 aliphatic rings. The second-order valence-electron chi connectivity index (χ2n) is 3.31. The van der Waals surface area contributed by atoms with E-state index >= 15 is 0 Å². The van der Waals surface area contributed by atoms with Crippen molar-refractivity contribution in [3.63, 3.8) is 0 Å². The van der Waals surface area contributed by atoms with Crippen molar-refractivity contribution in [2.24, 2.45) is 0 Å². The van der Waals surface area contributed by atoms with Crippen LogP contribution in [0.25, 0.3) is 11.0 Å². The first kappa shape index (κ1) is 10.5. The van der Waals surface area contributed by atoms with Crippen LogP contribution >= 0.6 is 0 Å². The quantitative estimate of drug-likeness (QED) is 0.792. The van der Waals surface area contributed by atoms with Crippen LogP contribution in [0.2, 0.25) is 0 Å². The fraction of sp³-hybridized carbons (Fsp3) is 0.182. The number of carbonyl (C=O) groups is 1. The van der Waals surface area contributed by atoms with E-state index in [1.165, 1.54) is 19.4 Å². The highest BCUT2D eigenvalue weighted by atomic mass is 19.1. The van der Waals surface area contributed by atoms with Gasteiger partial charge in [-0.3, -0.25) is 4.79 Å². The molecule has 0 aliphatic carbocycles. The lowest BCUT2D eigenvalue weighted by Crippen LogP contribution is -2.03. The van der Waals surface area contributed by atoms with Gasteiger partial charge >= 0.3 is 5.97 Å². The molecule has 1 N–H and O–H groups in total. The average Bonchev–Trinajstić information content (AvgIpc) is 2.62. The molecule has 0 unspecified atom stereocenters. The molecule has 2 rings (SSSR count). The fourth-order valence-electron chi connectivity index (χ4n) is 1.45. The average molecular weight is 224 g/mol. The molecule has 84 valence electrons. The lowest BCUT2D eigenvalue weighted by atomic mass is 10.1. The molecule has 0 radical (unpaired) electrons. The number of methoxy groups -OCH3 is 1. The Balaban J connectivity index is 2.48. The first-order valence-electron chi connectivity index (χ1n) is 4.57. The molecular formula is C11H9FO4. The van der Waals surface area contributed by atoms with Crippen LogP contribution in [0.3, 0.4) is 0 Å². The standard InChI is InChI=1S/C11H9FO4/c1-15-11(14)2-6-5-16-10-4-9(13)8(12)3-7(6)10/h3-5,13H,2H2,1H3. The van der Waals surface area contributed by atoms with Crippen LogP contribution in [0.1, 0.15) is 5.56 Å². The van der Waals surface area contributed by atoms with E-state index in [9.17, 15) is 9.18 Å². The van der Waals surface area contributed by atoms with Crippen molar-refractivity contribution in [1.82, 2.24) is 0 Å². The number of halogens is 1. The van der Waals surface area contributed by atoms with E-state index < -0.39 is 17.5 Å². The molecule has 0 aliphatic heterocycles. The number of aromatic hydroxyl groups is 1. The lowest BCUT2D eigenvalue weighted by Gasteiger charge is -1.98. The van der Waals surface area contributed by atoms with Gasteiger partial charge in [0.1, 0.15) is 5.58 Å². The molecule has 2 aromatic rings. The number of hydrogen-bond donors (Lipinski definition) is 1. The number of fused-ring (bicyclic) bond motifs is 1. The van der Waals surface area contributed by atoms with Gasteiger partial charge in [-0.15, -0.1) is 0 Å². The number of phenolic OH excluding ortho intramolecular Hbond substituents is 1. The summed E-state index contributed by atoms with van der Waals surface area (Å²) in [5.41, 5.74) is 0.860. The van der Waals surface area contributed by atoms with E-state index in [2.05, 4.69) is 4.74 Å². The van der Waals surface area contributed by atoms with Gasteiger partial charge in [0.2, 0.25) is 0 Å². The molecule has 16 heavy (non-hydrogen) atoms. The molecule has 4 nitrogen and oxygen atoms in total. The summed E-state index contributed by atoms with van der Waals surface area (Å²) in [7, 11) is 1.27. The van der Waals surface area contributed by atoms with E-state index in [0.717, 1.165) is 6.07 Å². The molecule has 1 aromatic heterocycles. The summed E-state index contributed by atoms with van der Waals surface area (Å²) < 4.78 is 22.7. The number of rotatable bonds is 2. The van der Waals surface area contributed by atoms with Crippen molar-refractivity contribution in [3.05, 3.63) is 29.8 Å². The second kappa shape index (κ2) is 3.84. The van der Waals surface area contributed by atoms with Crippen molar-refractivity contribution in [1.29, 1.82) is 0 Å². The van der Waals surface area contributed by atoms with E-state index in [0.29, 0.717) is 16.5 Å². The highest BCUT2D eigenvalue weighted by Gasteiger charge is 2.13. The predicted octanol–water partition coefficient (Wildman–Crippen LogP) is 1.99. The Bertz CT molecular complexity index is 544. The first-order chi connectivity index (χ1) is 7.61. The van der Waals surface area contributed by atoms with Crippen LogP contribution in [0, 0.1) is 5.82 Å². The van der Waals surface area contributed by atoms with Gasteiger partial charge < -0.3 is 14.3 Å². The summed E-state index contributed by atoms with van der Waals surface area (Å²) in [6.07, 6.45) is 1.36. The summed E-state index contributed by atoms with van der Waals surface area (Å²) in [5.74, 6) is -1.66. The number of furan rings is 1. The smallest absolute Gasteiger partial charge is 0.310 e. The van der Waals surface area contributed by atoms with Gasteiger partial charge in [0.05, 0.1) is 19.8 Å². The first-order valence-corrected chi connectivity index (χ1v) is 4.57. The molecule has 0 bridgehead atoms. The van der Waals surface area contributed by atoms with E-state index in [1.54, 1.807) is 0 Å². The van der Waals surface area contributed by atoms with Gasteiger partial charge in [-0.2, -0.15) is 0 Å². The van der Waals surface area contributed by atoms with Crippen LogP contribution in [0.15, 0.2) is 22.8 Å². The topological polar surface area (TPSA) is 59.7 Å². The number of benzene rings is 1. The Kier molecular flexibility index (Phi) is 2.52. The maximum atomic E-state index is 13.1. The van der Waals surface area contributed by atoms with Gasteiger partial charge in [0, 0.05) is 17.0 Å². The monoisotopic (exact) mass is 224 g/mol. The number of ether oxygens (including phenoxy) is 1. The number of phenols is 1. The van der Waals surface area contributed by atoms with Crippen molar-refractivity contribution in [3.8, 4) is 5.75 Å². The maximum absolute atomic E-state index is 13.1. The Morgan fingerprint density at radius 3 is 3.00 bits per heavy atom. The number of carbonyl (C=O) groups excluding carboxylic acids is 1. The lowest BCUT2D eigenvalue weighted by molar-refractivity contribution is -0.139.